The van der Waals surface area contributed by atoms with Gasteiger partial charge in [-0.15, -0.1) is 0 Å². The summed E-state index contributed by atoms with van der Waals surface area (Å²) in [5.41, 5.74) is 1.72. The second kappa shape index (κ2) is 11.7. The first kappa shape index (κ1) is 24.7. The molecule has 0 aliphatic carbocycles. The third-order valence-electron chi connectivity index (χ3n) is 4.56. The zero-order chi connectivity index (χ0) is 23.0. The Hall–Kier alpha value is -2.55. The van der Waals surface area contributed by atoms with Crippen molar-refractivity contribution in [3.05, 3.63) is 56.3 Å². The van der Waals surface area contributed by atoms with Crippen LogP contribution < -0.4 is 10.6 Å². The maximum absolute atomic E-state index is 13.0. The van der Waals surface area contributed by atoms with Crippen molar-refractivity contribution in [1.82, 2.24) is 10.6 Å². The number of halogens is 2. The predicted molar refractivity (Wildman–Crippen MR) is 116 cm³/mol. The minimum Gasteiger partial charge on any atom is -0.466 e. The van der Waals surface area contributed by atoms with Crippen LogP contribution in [0.3, 0.4) is 0 Å². The van der Waals surface area contributed by atoms with Crippen LogP contribution in [-0.2, 0) is 28.6 Å². The molecule has 2 rings (SSSR count). The number of nitrogens with one attached hydrogen (secondary N) is 2. The smallest absolute Gasteiger partial charge is 0.336 e. The fourth-order valence-corrected chi connectivity index (χ4v) is 3.68. The van der Waals surface area contributed by atoms with Gasteiger partial charge in [0.15, 0.2) is 0 Å². The summed E-state index contributed by atoms with van der Waals surface area (Å²) in [7, 11) is 1.26. The number of rotatable bonds is 10. The van der Waals surface area contributed by atoms with Crippen LogP contribution in [0.2, 0.25) is 10.0 Å². The highest BCUT2D eigenvalue weighted by atomic mass is 35.5. The topological polar surface area (TPSA) is 103 Å². The number of esters is 2. The van der Waals surface area contributed by atoms with E-state index in [0.29, 0.717) is 29.9 Å². The van der Waals surface area contributed by atoms with Crippen LogP contribution in [0.5, 0.6) is 0 Å². The van der Waals surface area contributed by atoms with Gasteiger partial charge in [0, 0.05) is 12.2 Å². The number of hydrogen-bond acceptors (Lipinski definition) is 7. The summed E-state index contributed by atoms with van der Waals surface area (Å²) in [4.78, 5) is 36.1. The van der Waals surface area contributed by atoms with Crippen molar-refractivity contribution in [2.45, 2.75) is 19.8 Å². The third kappa shape index (κ3) is 5.78. The SMILES string of the molecule is CCOC(=O)C1=C(COCCNC=O)NC(C)=C(C(=O)OC)C1c1cccc(Cl)c1Cl. The molecule has 0 fully saturated rings. The molecule has 1 heterocycles. The Balaban J connectivity index is 2.62. The van der Waals surface area contributed by atoms with Crippen LogP contribution >= 0.6 is 23.2 Å². The average molecular weight is 471 g/mol. The van der Waals surface area contributed by atoms with E-state index in [0.717, 1.165) is 0 Å². The molecule has 0 saturated carbocycles. The van der Waals surface area contributed by atoms with Crippen LogP contribution in [0.25, 0.3) is 0 Å². The number of allylic oxidation sites excluding steroid dienone is 1. The number of amides is 1. The lowest BCUT2D eigenvalue weighted by Crippen LogP contribution is -2.35. The number of dihydropyridines is 1. The highest BCUT2D eigenvalue weighted by Crippen LogP contribution is 2.43. The Labute approximate surface area is 190 Å². The first-order valence-electron chi connectivity index (χ1n) is 9.52. The van der Waals surface area contributed by atoms with E-state index >= 15 is 0 Å². The van der Waals surface area contributed by atoms with E-state index in [-0.39, 0.29) is 41.0 Å². The molecule has 10 heteroatoms. The molecule has 1 aromatic rings. The minimum atomic E-state index is -0.884. The Morgan fingerprint density at radius 2 is 1.97 bits per heavy atom. The number of carbonyl (C=O) groups is 3. The predicted octanol–water partition coefficient (Wildman–Crippen LogP) is 2.71. The molecular weight excluding hydrogens is 447 g/mol. The van der Waals surface area contributed by atoms with Gasteiger partial charge >= 0.3 is 11.9 Å². The molecule has 0 saturated heterocycles. The second-order valence-corrected chi connectivity index (χ2v) is 7.25. The van der Waals surface area contributed by atoms with E-state index in [1.165, 1.54) is 7.11 Å². The van der Waals surface area contributed by atoms with Gasteiger partial charge in [0.1, 0.15) is 0 Å². The first-order valence-corrected chi connectivity index (χ1v) is 10.3. The van der Waals surface area contributed by atoms with Gasteiger partial charge < -0.3 is 24.8 Å². The molecule has 8 nitrogen and oxygen atoms in total. The van der Waals surface area contributed by atoms with Crippen molar-refractivity contribution in [2.75, 3.05) is 33.5 Å². The molecule has 1 amide bonds. The highest BCUT2D eigenvalue weighted by Gasteiger charge is 2.40. The Bertz CT molecular complexity index is 913. The standard InChI is InChI=1S/C21H24Cl2N2O6/c1-4-31-21(28)18-15(10-30-9-8-24-11-26)25-12(2)16(20(27)29-3)17(18)13-6-5-7-14(22)19(13)23/h5-7,11,17,25H,4,8-10H2,1-3H3,(H,24,26). The van der Waals surface area contributed by atoms with Crippen molar-refractivity contribution in [2.24, 2.45) is 0 Å². The van der Waals surface area contributed by atoms with Crippen LogP contribution in [0, 0.1) is 0 Å². The zero-order valence-electron chi connectivity index (χ0n) is 17.4. The van der Waals surface area contributed by atoms with Crippen LogP contribution in [0.4, 0.5) is 0 Å². The van der Waals surface area contributed by atoms with E-state index in [4.69, 9.17) is 37.4 Å². The summed E-state index contributed by atoms with van der Waals surface area (Å²) < 4.78 is 15.8. The lowest BCUT2D eigenvalue weighted by Gasteiger charge is -2.31. The van der Waals surface area contributed by atoms with Gasteiger partial charge in [-0.1, -0.05) is 35.3 Å². The van der Waals surface area contributed by atoms with Gasteiger partial charge in [-0.25, -0.2) is 9.59 Å². The van der Waals surface area contributed by atoms with Gasteiger partial charge in [0.25, 0.3) is 0 Å². The first-order chi connectivity index (χ1) is 14.9. The number of benzene rings is 1. The molecule has 31 heavy (non-hydrogen) atoms. The van der Waals surface area contributed by atoms with Crippen molar-refractivity contribution in [1.29, 1.82) is 0 Å². The molecule has 0 aromatic heterocycles. The fourth-order valence-electron chi connectivity index (χ4n) is 3.26. The van der Waals surface area contributed by atoms with Gasteiger partial charge in [0.2, 0.25) is 6.41 Å². The molecular formula is C21H24Cl2N2O6. The van der Waals surface area contributed by atoms with Gasteiger partial charge in [-0.2, -0.15) is 0 Å². The summed E-state index contributed by atoms with van der Waals surface area (Å²) >= 11 is 12.7. The Kier molecular flexibility index (Phi) is 9.36. The summed E-state index contributed by atoms with van der Waals surface area (Å²) in [6.07, 6.45) is 0.568. The zero-order valence-corrected chi connectivity index (χ0v) is 18.9. The molecule has 0 bridgehead atoms. The molecule has 1 atom stereocenters. The van der Waals surface area contributed by atoms with Crippen LogP contribution in [0.1, 0.15) is 25.3 Å². The fraction of sp³-hybridized carbons (Fsp3) is 0.381. The largest absolute Gasteiger partial charge is 0.466 e. The quantitative estimate of drug-likeness (QED) is 0.307. The molecule has 0 spiro atoms. The average Bonchev–Trinajstić information content (AvgIpc) is 2.74. The van der Waals surface area contributed by atoms with Crippen molar-refractivity contribution in [3.8, 4) is 0 Å². The molecule has 1 aromatic carbocycles. The molecule has 1 aliphatic rings. The molecule has 2 N–H and O–H groups in total. The van der Waals surface area contributed by atoms with Gasteiger partial charge in [-0.05, 0) is 25.5 Å². The maximum Gasteiger partial charge on any atom is 0.336 e. The van der Waals surface area contributed by atoms with E-state index < -0.39 is 17.9 Å². The second-order valence-electron chi connectivity index (χ2n) is 6.47. The van der Waals surface area contributed by atoms with E-state index in [2.05, 4.69) is 10.6 Å². The lowest BCUT2D eigenvalue weighted by molar-refractivity contribution is -0.139. The minimum absolute atomic E-state index is 0.00909. The summed E-state index contributed by atoms with van der Waals surface area (Å²) in [5, 5.41) is 6.04. The Morgan fingerprint density at radius 3 is 2.61 bits per heavy atom. The normalized spacial score (nSPS) is 16.0. The molecule has 1 unspecified atom stereocenters. The van der Waals surface area contributed by atoms with E-state index in [9.17, 15) is 14.4 Å². The highest BCUT2D eigenvalue weighted by molar-refractivity contribution is 6.42. The van der Waals surface area contributed by atoms with Crippen molar-refractivity contribution < 1.29 is 28.6 Å². The molecule has 168 valence electrons. The summed E-state index contributed by atoms with van der Waals surface area (Å²) in [6, 6.07) is 4.98. The summed E-state index contributed by atoms with van der Waals surface area (Å²) in [5.74, 6) is -2.14. The third-order valence-corrected chi connectivity index (χ3v) is 5.39. The van der Waals surface area contributed by atoms with Crippen LogP contribution in [-0.4, -0.2) is 51.8 Å². The number of ether oxygens (including phenoxy) is 3. The maximum atomic E-state index is 13.0. The van der Waals surface area contributed by atoms with Crippen molar-refractivity contribution in [3.63, 3.8) is 0 Å². The molecule has 0 radical (unpaired) electrons. The number of hydrogen-bond donors (Lipinski definition) is 2. The number of carbonyl (C=O) groups excluding carboxylic acids is 3. The number of methoxy groups -OCH3 is 1. The monoisotopic (exact) mass is 470 g/mol. The van der Waals surface area contributed by atoms with Gasteiger partial charge in [0.05, 0.1) is 59.7 Å². The van der Waals surface area contributed by atoms with E-state index in [1.54, 1.807) is 32.0 Å². The van der Waals surface area contributed by atoms with E-state index in [1.807, 2.05) is 0 Å². The Morgan fingerprint density at radius 1 is 1.23 bits per heavy atom. The molecule has 1 aliphatic heterocycles. The summed E-state index contributed by atoms with van der Waals surface area (Å²) in [6.45, 7) is 4.03. The van der Waals surface area contributed by atoms with Gasteiger partial charge in [-0.3, -0.25) is 4.79 Å². The van der Waals surface area contributed by atoms with Crippen molar-refractivity contribution >= 4 is 41.6 Å². The lowest BCUT2D eigenvalue weighted by atomic mass is 9.80. The van der Waals surface area contributed by atoms with Crippen LogP contribution in [0.15, 0.2) is 40.7 Å².